The third kappa shape index (κ3) is 2.96. The van der Waals surface area contributed by atoms with E-state index in [4.69, 9.17) is 0 Å². The van der Waals surface area contributed by atoms with E-state index < -0.39 is 5.97 Å². The molecule has 2 heterocycles. The topological polar surface area (TPSA) is 75.1 Å². The number of nitrogens with one attached hydrogen (secondary N) is 1. The number of rotatable bonds is 3. The Morgan fingerprint density at radius 2 is 2.14 bits per heavy atom. The van der Waals surface area contributed by atoms with Crippen LogP contribution in [0.3, 0.4) is 0 Å². The van der Waals surface area contributed by atoms with Crippen LogP contribution < -0.4 is 5.32 Å². The maximum atomic E-state index is 11.4. The summed E-state index contributed by atoms with van der Waals surface area (Å²) in [4.78, 5) is 20.2. The number of benzene rings is 1. The number of fused-ring (bicyclic) bond motifs is 1. The molecule has 0 saturated heterocycles. The molecule has 0 aliphatic carbocycles. The highest BCUT2D eigenvalue weighted by atomic mass is 79.9. The van der Waals surface area contributed by atoms with Crippen molar-refractivity contribution < 1.29 is 9.90 Å². The minimum atomic E-state index is -0.982. The minimum Gasteiger partial charge on any atom is -0.477 e. The molecule has 21 heavy (non-hydrogen) atoms. The van der Waals surface area contributed by atoms with Crippen molar-refractivity contribution in [1.82, 2.24) is 15.3 Å². The van der Waals surface area contributed by atoms with Crippen LogP contribution in [-0.2, 0) is 19.4 Å². The van der Waals surface area contributed by atoms with Crippen LogP contribution in [0.15, 0.2) is 28.7 Å². The van der Waals surface area contributed by atoms with Gasteiger partial charge < -0.3 is 10.4 Å². The van der Waals surface area contributed by atoms with Gasteiger partial charge in [-0.25, -0.2) is 14.8 Å². The molecular formula is C15H14BrN3O2. The zero-order chi connectivity index (χ0) is 14.8. The Bertz CT molecular complexity index is 703. The summed E-state index contributed by atoms with van der Waals surface area (Å²) in [5, 5.41) is 12.6. The van der Waals surface area contributed by atoms with Gasteiger partial charge in [-0.2, -0.15) is 0 Å². The van der Waals surface area contributed by atoms with E-state index >= 15 is 0 Å². The smallest absolute Gasteiger partial charge is 0.354 e. The van der Waals surface area contributed by atoms with Crippen LogP contribution in [0.25, 0.3) is 0 Å². The lowest BCUT2D eigenvalue weighted by Crippen LogP contribution is -2.28. The van der Waals surface area contributed by atoms with Gasteiger partial charge in [-0.1, -0.05) is 34.1 Å². The molecule has 0 amide bonds. The fourth-order valence-corrected chi connectivity index (χ4v) is 2.90. The molecule has 0 saturated carbocycles. The molecule has 1 aliphatic rings. The molecule has 0 bridgehead atoms. The second kappa shape index (κ2) is 5.91. The molecule has 108 valence electrons. The molecule has 5 nitrogen and oxygen atoms in total. The second-order valence-electron chi connectivity index (χ2n) is 4.91. The molecule has 0 radical (unpaired) electrons. The molecular weight excluding hydrogens is 334 g/mol. The molecule has 1 aromatic heterocycles. The predicted molar refractivity (Wildman–Crippen MR) is 81.4 cm³/mol. The largest absolute Gasteiger partial charge is 0.477 e. The first-order valence-electron chi connectivity index (χ1n) is 6.71. The molecule has 0 spiro atoms. The summed E-state index contributed by atoms with van der Waals surface area (Å²) in [5.41, 5.74) is 2.74. The summed E-state index contributed by atoms with van der Waals surface area (Å²) in [6.07, 6.45) is 1.17. The number of carboxylic acid groups (broad SMARTS) is 1. The van der Waals surface area contributed by atoms with Gasteiger partial charge in [-0.15, -0.1) is 0 Å². The van der Waals surface area contributed by atoms with Crippen molar-refractivity contribution in [3.63, 3.8) is 0 Å². The fourth-order valence-electron chi connectivity index (χ4n) is 2.48. The van der Waals surface area contributed by atoms with Crippen molar-refractivity contribution in [2.75, 3.05) is 6.54 Å². The third-order valence-corrected chi connectivity index (χ3v) is 4.27. The molecule has 1 aromatic carbocycles. The van der Waals surface area contributed by atoms with Crippen LogP contribution in [0.4, 0.5) is 0 Å². The third-order valence-electron chi connectivity index (χ3n) is 3.49. The standard InChI is InChI=1S/C15H14BrN3O2/c16-11-4-2-1-3-9(11)7-13-18-12-8-17-6-5-10(12)14(19-13)15(20)21/h1-4,17H,5-8H2,(H,20,21). The molecule has 0 fully saturated rings. The Hall–Kier alpha value is -1.79. The summed E-state index contributed by atoms with van der Waals surface area (Å²) in [6, 6.07) is 7.81. The Balaban J connectivity index is 2.01. The van der Waals surface area contributed by atoms with Crippen LogP contribution in [0, 0.1) is 0 Å². The summed E-state index contributed by atoms with van der Waals surface area (Å²) < 4.78 is 0.973. The number of halogens is 1. The second-order valence-corrected chi connectivity index (χ2v) is 5.77. The van der Waals surface area contributed by atoms with E-state index in [9.17, 15) is 9.90 Å². The van der Waals surface area contributed by atoms with Gasteiger partial charge in [0.25, 0.3) is 0 Å². The monoisotopic (exact) mass is 347 g/mol. The van der Waals surface area contributed by atoms with E-state index in [1.807, 2.05) is 24.3 Å². The van der Waals surface area contributed by atoms with Gasteiger partial charge in [0, 0.05) is 23.0 Å². The van der Waals surface area contributed by atoms with Crippen molar-refractivity contribution in [2.24, 2.45) is 0 Å². The van der Waals surface area contributed by atoms with Crippen molar-refractivity contribution in [1.29, 1.82) is 0 Å². The summed E-state index contributed by atoms with van der Waals surface area (Å²) in [7, 11) is 0. The van der Waals surface area contributed by atoms with Gasteiger partial charge in [-0.3, -0.25) is 0 Å². The lowest BCUT2D eigenvalue weighted by Gasteiger charge is -2.18. The Kier molecular flexibility index (Phi) is 3.98. The van der Waals surface area contributed by atoms with E-state index in [1.54, 1.807) is 0 Å². The van der Waals surface area contributed by atoms with Crippen LogP contribution in [-0.4, -0.2) is 27.6 Å². The number of carbonyl (C=O) groups is 1. The molecule has 0 unspecified atom stereocenters. The molecule has 2 aromatic rings. The number of hydrogen-bond donors (Lipinski definition) is 2. The highest BCUT2D eigenvalue weighted by molar-refractivity contribution is 9.10. The Morgan fingerprint density at radius 1 is 1.33 bits per heavy atom. The average molecular weight is 348 g/mol. The van der Waals surface area contributed by atoms with Gasteiger partial charge in [0.2, 0.25) is 0 Å². The van der Waals surface area contributed by atoms with Gasteiger partial charge in [0.1, 0.15) is 5.82 Å². The Morgan fingerprint density at radius 3 is 2.90 bits per heavy atom. The molecule has 0 atom stereocenters. The minimum absolute atomic E-state index is 0.142. The van der Waals surface area contributed by atoms with E-state index in [1.165, 1.54) is 0 Å². The fraction of sp³-hybridized carbons (Fsp3) is 0.267. The lowest BCUT2D eigenvalue weighted by atomic mass is 10.0. The normalized spacial score (nSPS) is 13.8. The van der Waals surface area contributed by atoms with Gasteiger partial charge >= 0.3 is 5.97 Å². The first-order valence-corrected chi connectivity index (χ1v) is 7.50. The number of nitrogens with zero attached hydrogens (tertiary/aromatic N) is 2. The summed E-state index contributed by atoms with van der Waals surface area (Å²) >= 11 is 3.49. The lowest BCUT2D eigenvalue weighted by molar-refractivity contribution is 0.0688. The van der Waals surface area contributed by atoms with E-state index in [0.717, 1.165) is 27.8 Å². The van der Waals surface area contributed by atoms with Crippen LogP contribution >= 0.6 is 15.9 Å². The SMILES string of the molecule is O=C(O)c1nc(Cc2ccccc2Br)nc2c1CCNC2. The van der Waals surface area contributed by atoms with Gasteiger partial charge in [-0.05, 0) is 24.6 Å². The van der Waals surface area contributed by atoms with E-state index in [2.05, 4.69) is 31.2 Å². The predicted octanol–water partition coefficient (Wildman–Crippen LogP) is 2.17. The highest BCUT2D eigenvalue weighted by Gasteiger charge is 2.21. The molecule has 6 heteroatoms. The number of carboxylic acids is 1. The zero-order valence-corrected chi connectivity index (χ0v) is 12.9. The highest BCUT2D eigenvalue weighted by Crippen LogP contribution is 2.21. The van der Waals surface area contributed by atoms with Gasteiger partial charge in [0.15, 0.2) is 5.69 Å². The first kappa shape index (κ1) is 14.2. The number of aromatic nitrogens is 2. The maximum Gasteiger partial charge on any atom is 0.354 e. The van der Waals surface area contributed by atoms with Crippen molar-refractivity contribution in [3.05, 3.63) is 57.1 Å². The molecule has 3 rings (SSSR count). The van der Waals surface area contributed by atoms with E-state index in [-0.39, 0.29) is 5.69 Å². The molecule has 1 aliphatic heterocycles. The number of aromatic carboxylic acids is 1. The van der Waals surface area contributed by atoms with Crippen molar-refractivity contribution in [2.45, 2.75) is 19.4 Å². The quantitative estimate of drug-likeness (QED) is 0.889. The van der Waals surface area contributed by atoms with Crippen LogP contribution in [0.5, 0.6) is 0 Å². The zero-order valence-electron chi connectivity index (χ0n) is 11.3. The van der Waals surface area contributed by atoms with Gasteiger partial charge in [0.05, 0.1) is 5.69 Å². The summed E-state index contributed by atoms with van der Waals surface area (Å²) in [6.45, 7) is 1.36. The summed E-state index contributed by atoms with van der Waals surface area (Å²) in [5.74, 6) is -0.439. The Labute approximate surface area is 130 Å². The van der Waals surface area contributed by atoms with Crippen molar-refractivity contribution in [3.8, 4) is 0 Å². The maximum absolute atomic E-state index is 11.4. The number of hydrogen-bond acceptors (Lipinski definition) is 4. The van der Waals surface area contributed by atoms with Crippen molar-refractivity contribution >= 4 is 21.9 Å². The van der Waals surface area contributed by atoms with Crippen LogP contribution in [0.2, 0.25) is 0 Å². The average Bonchev–Trinajstić information content (AvgIpc) is 2.48. The van der Waals surface area contributed by atoms with E-state index in [0.29, 0.717) is 25.2 Å². The molecule has 2 N–H and O–H groups in total. The first-order chi connectivity index (χ1) is 10.1. The van der Waals surface area contributed by atoms with Crippen LogP contribution in [0.1, 0.15) is 33.1 Å².